The fourth-order valence-corrected chi connectivity index (χ4v) is 3.57. The van der Waals surface area contributed by atoms with Crippen molar-refractivity contribution in [2.24, 2.45) is 0 Å². The number of aromatic nitrogens is 1. The number of ether oxygens (including phenoxy) is 1. The van der Waals surface area contributed by atoms with Crippen LogP contribution in [0.1, 0.15) is 58.6 Å². The Bertz CT molecular complexity index is 768. The highest BCUT2D eigenvalue weighted by molar-refractivity contribution is 6.62. The maximum absolute atomic E-state index is 6.22. The van der Waals surface area contributed by atoms with Gasteiger partial charge in [-0.25, -0.2) is 0 Å². The molecule has 0 N–H and O–H groups in total. The Kier molecular flexibility index (Phi) is 4.14. The summed E-state index contributed by atoms with van der Waals surface area (Å²) in [4.78, 5) is 4.42. The number of hydrogen-bond acceptors (Lipinski definition) is 4. The topological polar surface area (TPSA) is 40.6 Å². The van der Waals surface area contributed by atoms with E-state index in [0.29, 0.717) is 0 Å². The van der Waals surface area contributed by atoms with Gasteiger partial charge < -0.3 is 14.0 Å². The zero-order chi connectivity index (χ0) is 17.7. The molecule has 5 heteroatoms. The maximum Gasteiger partial charge on any atom is 0.494 e. The predicted molar refractivity (Wildman–Crippen MR) is 100 cm³/mol. The van der Waals surface area contributed by atoms with Gasteiger partial charge in [0.1, 0.15) is 0 Å². The molecule has 0 aliphatic carbocycles. The Morgan fingerprint density at radius 2 is 1.80 bits per heavy atom. The van der Waals surface area contributed by atoms with E-state index in [0.717, 1.165) is 30.3 Å². The van der Waals surface area contributed by atoms with Crippen LogP contribution >= 0.6 is 0 Å². The smallest absolute Gasteiger partial charge is 0.399 e. The molecule has 1 aromatic carbocycles. The van der Waals surface area contributed by atoms with E-state index in [9.17, 15) is 0 Å². The van der Waals surface area contributed by atoms with Crippen molar-refractivity contribution in [3.63, 3.8) is 0 Å². The van der Waals surface area contributed by atoms with Gasteiger partial charge in [-0.1, -0.05) is 18.2 Å². The zero-order valence-corrected chi connectivity index (χ0v) is 15.5. The van der Waals surface area contributed by atoms with Crippen LogP contribution < -0.4 is 5.46 Å². The number of nitrogens with zero attached hydrogens (tertiary/aromatic N) is 1. The predicted octanol–water partition coefficient (Wildman–Crippen LogP) is 3.78. The lowest BCUT2D eigenvalue weighted by Gasteiger charge is -2.32. The SMILES string of the molecule is CC1(C)OB(c2ccc3cncc(C4CCCCO4)c3c2)OC1(C)C. The number of fused-ring (bicyclic) bond motifs is 1. The van der Waals surface area contributed by atoms with E-state index in [2.05, 4.69) is 50.9 Å². The van der Waals surface area contributed by atoms with Crippen LogP contribution in [0.3, 0.4) is 0 Å². The first-order chi connectivity index (χ1) is 11.9. The molecule has 4 rings (SSSR count). The minimum Gasteiger partial charge on any atom is -0.399 e. The quantitative estimate of drug-likeness (QED) is 0.781. The fraction of sp³-hybridized carbons (Fsp3) is 0.550. The molecular formula is C20H26BNO3. The van der Waals surface area contributed by atoms with Gasteiger partial charge >= 0.3 is 7.12 Å². The first-order valence-corrected chi connectivity index (χ1v) is 9.22. The van der Waals surface area contributed by atoms with E-state index in [1.165, 1.54) is 17.4 Å². The van der Waals surface area contributed by atoms with Gasteiger partial charge in [0.25, 0.3) is 0 Å². The van der Waals surface area contributed by atoms with Gasteiger partial charge in [-0.15, -0.1) is 0 Å². The molecule has 0 amide bonds. The lowest BCUT2D eigenvalue weighted by atomic mass is 9.78. The van der Waals surface area contributed by atoms with Gasteiger partial charge in [0.05, 0.1) is 17.3 Å². The first kappa shape index (κ1) is 17.0. The van der Waals surface area contributed by atoms with E-state index in [1.807, 2.05) is 12.4 Å². The number of pyridine rings is 1. The molecule has 0 spiro atoms. The van der Waals surface area contributed by atoms with Crippen molar-refractivity contribution in [1.29, 1.82) is 0 Å². The summed E-state index contributed by atoms with van der Waals surface area (Å²) in [5.41, 5.74) is 1.56. The van der Waals surface area contributed by atoms with Crippen LogP contribution in [0.25, 0.3) is 10.8 Å². The standard InChI is InChI=1S/C20H26BNO3/c1-19(2)20(3,4)25-21(24-19)15-9-8-14-12-22-13-17(16(14)11-15)18-7-5-6-10-23-18/h8-9,11-13,18H,5-7,10H2,1-4H3. The number of rotatable bonds is 2. The van der Waals surface area contributed by atoms with Gasteiger partial charge in [-0.2, -0.15) is 0 Å². The molecule has 2 aromatic rings. The Balaban J connectivity index is 1.72. The Morgan fingerprint density at radius 1 is 1.04 bits per heavy atom. The van der Waals surface area contributed by atoms with Gasteiger partial charge in [0.15, 0.2) is 0 Å². The van der Waals surface area contributed by atoms with E-state index in [-0.39, 0.29) is 24.4 Å². The summed E-state index contributed by atoms with van der Waals surface area (Å²) in [6, 6.07) is 6.37. The lowest BCUT2D eigenvalue weighted by Crippen LogP contribution is -2.41. The molecule has 0 saturated carbocycles. The van der Waals surface area contributed by atoms with Gasteiger partial charge in [-0.05, 0) is 57.8 Å². The largest absolute Gasteiger partial charge is 0.494 e. The zero-order valence-electron chi connectivity index (χ0n) is 15.5. The van der Waals surface area contributed by atoms with E-state index < -0.39 is 0 Å². The summed E-state index contributed by atoms with van der Waals surface area (Å²) < 4.78 is 18.4. The Hall–Kier alpha value is -1.43. The maximum atomic E-state index is 6.22. The van der Waals surface area contributed by atoms with E-state index in [1.54, 1.807) is 0 Å². The van der Waals surface area contributed by atoms with Crippen molar-refractivity contribution in [3.05, 3.63) is 36.2 Å². The second-order valence-corrected chi connectivity index (χ2v) is 8.15. The van der Waals surface area contributed by atoms with Crippen molar-refractivity contribution >= 4 is 23.4 Å². The molecule has 2 aliphatic rings. The van der Waals surface area contributed by atoms with Gasteiger partial charge in [0, 0.05) is 30.0 Å². The van der Waals surface area contributed by atoms with Crippen LogP contribution in [-0.4, -0.2) is 29.9 Å². The molecule has 2 fully saturated rings. The van der Waals surface area contributed by atoms with Crippen LogP contribution in [0, 0.1) is 0 Å². The molecule has 2 saturated heterocycles. The van der Waals surface area contributed by atoms with Crippen LogP contribution in [-0.2, 0) is 14.0 Å². The van der Waals surface area contributed by atoms with Crippen molar-refractivity contribution in [2.75, 3.05) is 6.61 Å². The summed E-state index contributed by atoms with van der Waals surface area (Å²) in [5.74, 6) is 0. The minimum absolute atomic E-state index is 0.137. The van der Waals surface area contributed by atoms with Gasteiger partial charge in [0.2, 0.25) is 0 Å². The Morgan fingerprint density at radius 3 is 2.48 bits per heavy atom. The summed E-state index contributed by atoms with van der Waals surface area (Å²) in [6.45, 7) is 9.16. The molecule has 132 valence electrons. The molecule has 3 heterocycles. The van der Waals surface area contributed by atoms with E-state index in [4.69, 9.17) is 14.0 Å². The van der Waals surface area contributed by atoms with Crippen LogP contribution in [0.2, 0.25) is 0 Å². The second kappa shape index (κ2) is 6.08. The molecule has 4 nitrogen and oxygen atoms in total. The van der Waals surface area contributed by atoms with Crippen LogP contribution in [0.5, 0.6) is 0 Å². The molecule has 1 aromatic heterocycles. The number of hydrogen-bond donors (Lipinski definition) is 0. The number of benzene rings is 1. The second-order valence-electron chi connectivity index (χ2n) is 8.15. The molecule has 0 radical (unpaired) electrons. The van der Waals surface area contributed by atoms with Crippen molar-refractivity contribution in [1.82, 2.24) is 4.98 Å². The molecule has 2 aliphatic heterocycles. The van der Waals surface area contributed by atoms with Crippen LogP contribution in [0.4, 0.5) is 0 Å². The highest BCUT2D eigenvalue weighted by atomic mass is 16.7. The lowest BCUT2D eigenvalue weighted by molar-refractivity contribution is 0.00578. The van der Waals surface area contributed by atoms with Gasteiger partial charge in [-0.3, -0.25) is 4.98 Å². The summed E-state index contributed by atoms with van der Waals surface area (Å²) in [6.07, 6.45) is 7.41. The van der Waals surface area contributed by atoms with Crippen molar-refractivity contribution in [3.8, 4) is 0 Å². The molecule has 0 bridgehead atoms. The molecule has 1 atom stereocenters. The highest BCUT2D eigenvalue weighted by Crippen LogP contribution is 2.37. The normalized spacial score (nSPS) is 25.4. The summed E-state index contributed by atoms with van der Waals surface area (Å²) in [7, 11) is -0.345. The molecular weight excluding hydrogens is 313 g/mol. The highest BCUT2D eigenvalue weighted by Gasteiger charge is 2.51. The summed E-state index contributed by atoms with van der Waals surface area (Å²) >= 11 is 0. The Labute approximate surface area is 150 Å². The van der Waals surface area contributed by atoms with Crippen LogP contribution in [0.15, 0.2) is 30.6 Å². The average Bonchev–Trinajstić information content (AvgIpc) is 2.82. The van der Waals surface area contributed by atoms with Crippen molar-refractivity contribution < 1.29 is 14.0 Å². The van der Waals surface area contributed by atoms with E-state index >= 15 is 0 Å². The summed E-state index contributed by atoms with van der Waals surface area (Å²) in [5, 5.41) is 2.32. The monoisotopic (exact) mass is 339 g/mol. The third-order valence-corrected chi connectivity index (χ3v) is 5.87. The van der Waals surface area contributed by atoms with Crippen molar-refractivity contribution in [2.45, 2.75) is 64.3 Å². The first-order valence-electron chi connectivity index (χ1n) is 9.22. The third-order valence-electron chi connectivity index (χ3n) is 5.87. The fourth-order valence-electron chi connectivity index (χ4n) is 3.57. The third kappa shape index (κ3) is 2.99. The average molecular weight is 339 g/mol. The molecule has 25 heavy (non-hydrogen) atoms. The molecule has 1 unspecified atom stereocenters. The minimum atomic E-state index is -0.345.